The van der Waals surface area contributed by atoms with Crippen molar-refractivity contribution in [2.45, 2.75) is 27.2 Å². The molecule has 5 heteroatoms. The van der Waals surface area contributed by atoms with Crippen LogP contribution in [0.15, 0.2) is 18.2 Å². The highest BCUT2D eigenvalue weighted by molar-refractivity contribution is 6.04. The fraction of sp³-hybridized carbons (Fsp3) is 0.308. The van der Waals surface area contributed by atoms with Crippen molar-refractivity contribution in [1.82, 2.24) is 0 Å². The van der Waals surface area contributed by atoms with Crippen LogP contribution in [0.3, 0.4) is 0 Å². The highest BCUT2D eigenvalue weighted by atomic mass is 16.2. The Kier molecular flexibility index (Phi) is 4.59. The van der Waals surface area contributed by atoms with E-state index < -0.39 is 0 Å². The van der Waals surface area contributed by atoms with Gasteiger partial charge in [0.25, 0.3) is 0 Å². The topological polar surface area (TPSA) is 75.3 Å². The second-order valence-electron chi connectivity index (χ2n) is 4.14. The van der Waals surface area contributed by atoms with Crippen LogP contribution >= 0.6 is 0 Å². The quantitative estimate of drug-likeness (QED) is 0.799. The fourth-order valence-electron chi connectivity index (χ4n) is 1.46. The summed E-state index contributed by atoms with van der Waals surface area (Å²) in [5, 5.41) is 5.27. The molecule has 2 N–H and O–H groups in total. The van der Waals surface area contributed by atoms with Gasteiger partial charge in [-0.15, -0.1) is 0 Å². The first-order chi connectivity index (χ1) is 8.38. The van der Waals surface area contributed by atoms with E-state index in [9.17, 15) is 14.4 Å². The standard InChI is InChI=1S/C13H16N2O3/c1-8-4-5-11(14-10(3)17)7-12(8)15-13(18)6-9(2)16/h4-5,7H,6H2,1-3H3,(H,14,17)(H,15,18). The molecule has 0 unspecified atom stereocenters. The van der Waals surface area contributed by atoms with Crippen LogP contribution in [0.1, 0.15) is 25.8 Å². The maximum absolute atomic E-state index is 11.5. The average Bonchev–Trinajstić information content (AvgIpc) is 2.21. The third kappa shape index (κ3) is 4.37. The molecule has 2 amide bonds. The lowest BCUT2D eigenvalue weighted by molar-refractivity contribution is -0.124. The van der Waals surface area contributed by atoms with Crippen molar-refractivity contribution in [3.8, 4) is 0 Å². The van der Waals surface area contributed by atoms with Crippen molar-refractivity contribution in [1.29, 1.82) is 0 Å². The van der Waals surface area contributed by atoms with Crippen molar-refractivity contribution >= 4 is 29.0 Å². The SMILES string of the molecule is CC(=O)CC(=O)Nc1cc(NC(C)=O)ccc1C. The molecule has 0 heterocycles. The van der Waals surface area contributed by atoms with E-state index in [4.69, 9.17) is 0 Å². The lowest BCUT2D eigenvalue weighted by Crippen LogP contribution is -2.16. The maximum atomic E-state index is 11.5. The van der Waals surface area contributed by atoms with Gasteiger partial charge in [-0.05, 0) is 31.5 Å². The van der Waals surface area contributed by atoms with Crippen LogP contribution in [0.5, 0.6) is 0 Å². The number of aryl methyl sites for hydroxylation is 1. The van der Waals surface area contributed by atoms with Gasteiger partial charge in [0.2, 0.25) is 11.8 Å². The number of nitrogens with one attached hydrogen (secondary N) is 2. The zero-order valence-electron chi connectivity index (χ0n) is 10.7. The number of Topliss-reactive ketones (excluding diaryl/α,β-unsaturated/α-hetero) is 1. The summed E-state index contributed by atoms with van der Waals surface area (Å²) in [6.45, 7) is 4.61. The van der Waals surface area contributed by atoms with Gasteiger partial charge < -0.3 is 10.6 Å². The van der Waals surface area contributed by atoms with Crippen molar-refractivity contribution in [2.24, 2.45) is 0 Å². The molecular weight excluding hydrogens is 232 g/mol. The number of rotatable bonds is 4. The number of hydrogen-bond acceptors (Lipinski definition) is 3. The van der Waals surface area contributed by atoms with Crippen LogP contribution < -0.4 is 10.6 Å². The number of carbonyl (C=O) groups excluding carboxylic acids is 3. The normalized spacial score (nSPS) is 9.72. The minimum absolute atomic E-state index is 0.149. The number of ketones is 1. The molecule has 0 aromatic heterocycles. The van der Waals surface area contributed by atoms with Gasteiger partial charge in [0.1, 0.15) is 5.78 Å². The van der Waals surface area contributed by atoms with Gasteiger partial charge in [-0.25, -0.2) is 0 Å². The Labute approximate surface area is 106 Å². The zero-order chi connectivity index (χ0) is 13.7. The van der Waals surface area contributed by atoms with E-state index in [0.717, 1.165) is 5.56 Å². The van der Waals surface area contributed by atoms with Gasteiger partial charge in [-0.3, -0.25) is 14.4 Å². The summed E-state index contributed by atoms with van der Waals surface area (Å²) in [4.78, 5) is 33.2. The van der Waals surface area contributed by atoms with Gasteiger partial charge in [0.05, 0.1) is 6.42 Å². The van der Waals surface area contributed by atoms with Gasteiger partial charge in [-0.2, -0.15) is 0 Å². The number of carbonyl (C=O) groups is 3. The van der Waals surface area contributed by atoms with Crippen LogP contribution in [-0.4, -0.2) is 17.6 Å². The van der Waals surface area contributed by atoms with Crippen molar-refractivity contribution in [2.75, 3.05) is 10.6 Å². The molecule has 1 aromatic carbocycles. The summed E-state index contributed by atoms with van der Waals surface area (Å²) in [6, 6.07) is 5.20. The van der Waals surface area contributed by atoms with Crippen LogP contribution in [0.4, 0.5) is 11.4 Å². The highest BCUT2D eigenvalue weighted by Crippen LogP contribution is 2.20. The van der Waals surface area contributed by atoms with Gasteiger partial charge in [0.15, 0.2) is 0 Å². The second-order valence-corrected chi connectivity index (χ2v) is 4.14. The van der Waals surface area contributed by atoms with E-state index in [1.807, 2.05) is 6.92 Å². The molecule has 0 radical (unpaired) electrons. The first-order valence-electron chi connectivity index (χ1n) is 5.56. The predicted molar refractivity (Wildman–Crippen MR) is 69.4 cm³/mol. The lowest BCUT2D eigenvalue weighted by atomic mass is 10.1. The van der Waals surface area contributed by atoms with E-state index in [1.54, 1.807) is 18.2 Å². The first kappa shape index (κ1) is 13.9. The molecule has 0 saturated heterocycles. The Morgan fingerprint density at radius 2 is 1.78 bits per heavy atom. The second kappa shape index (κ2) is 5.95. The van der Waals surface area contributed by atoms with Crippen molar-refractivity contribution in [3.05, 3.63) is 23.8 Å². The van der Waals surface area contributed by atoms with E-state index in [2.05, 4.69) is 10.6 Å². The molecule has 96 valence electrons. The fourth-order valence-corrected chi connectivity index (χ4v) is 1.46. The molecule has 1 aromatic rings. The Balaban J connectivity index is 2.84. The molecule has 0 aliphatic heterocycles. The molecule has 0 bridgehead atoms. The molecule has 0 fully saturated rings. The lowest BCUT2D eigenvalue weighted by Gasteiger charge is -2.10. The molecule has 18 heavy (non-hydrogen) atoms. The van der Waals surface area contributed by atoms with Gasteiger partial charge in [-0.1, -0.05) is 6.07 Å². The van der Waals surface area contributed by atoms with Gasteiger partial charge in [0, 0.05) is 18.3 Å². The van der Waals surface area contributed by atoms with Crippen LogP contribution in [0.25, 0.3) is 0 Å². The summed E-state index contributed by atoms with van der Waals surface area (Å²) in [5.41, 5.74) is 2.06. The van der Waals surface area contributed by atoms with E-state index in [1.165, 1.54) is 13.8 Å². The Hall–Kier alpha value is -2.17. The Morgan fingerprint density at radius 1 is 1.11 bits per heavy atom. The van der Waals surface area contributed by atoms with E-state index in [0.29, 0.717) is 11.4 Å². The summed E-state index contributed by atoms with van der Waals surface area (Å²) in [5.74, 6) is -0.728. The van der Waals surface area contributed by atoms with Crippen LogP contribution in [0.2, 0.25) is 0 Å². The molecular formula is C13H16N2O3. The monoisotopic (exact) mass is 248 g/mol. The maximum Gasteiger partial charge on any atom is 0.231 e. The van der Waals surface area contributed by atoms with Crippen LogP contribution in [-0.2, 0) is 14.4 Å². The summed E-state index contributed by atoms with van der Waals surface area (Å²) >= 11 is 0. The van der Waals surface area contributed by atoms with E-state index in [-0.39, 0.29) is 24.0 Å². The molecule has 5 nitrogen and oxygen atoms in total. The number of anilines is 2. The zero-order valence-corrected chi connectivity index (χ0v) is 10.7. The minimum Gasteiger partial charge on any atom is -0.326 e. The number of amides is 2. The smallest absolute Gasteiger partial charge is 0.231 e. The summed E-state index contributed by atoms with van der Waals surface area (Å²) < 4.78 is 0. The average molecular weight is 248 g/mol. The molecule has 0 aliphatic carbocycles. The molecule has 0 atom stereocenters. The number of benzene rings is 1. The first-order valence-corrected chi connectivity index (χ1v) is 5.56. The molecule has 0 aliphatic rings. The third-order valence-corrected chi connectivity index (χ3v) is 2.24. The predicted octanol–water partition coefficient (Wildman–Crippen LogP) is 1.87. The molecule has 0 saturated carbocycles. The summed E-state index contributed by atoms with van der Waals surface area (Å²) in [6.07, 6.45) is -0.149. The molecule has 0 spiro atoms. The highest BCUT2D eigenvalue weighted by Gasteiger charge is 2.08. The number of hydrogen-bond donors (Lipinski definition) is 2. The molecule has 1 rings (SSSR count). The van der Waals surface area contributed by atoms with E-state index >= 15 is 0 Å². The Bertz CT molecular complexity index is 495. The Morgan fingerprint density at radius 3 is 2.33 bits per heavy atom. The van der Waals surface area contributed by atoms with Crippen LogP contribution in [0, 0.1) is 6.92 Å². The third-order valence-electron chi connectivity index (χ3n) is 2.24. The summed E-state index contributed by atoms with van der Waals surface area (Å²) in [7, 11) is 0. The largest absolute Gasteiger partial charge is 0.326 e. The minimum atomic E-state index is -0.356. The van der Waals surface area contributed by atoms with Crippen molar-refractivity contribution in [3.63, 3.8) is 0 Å². The van der Waals surface area contributed by atoms with Gasteiger partial charge >= 0.3 is 0 Å². The van der Waals surface area contributed by atoms with Crippen molar-refractivity contribution < 1.29 is 14.4 Å².